The molecule has 0 heterocycles. The monoisotopic (exact) mass is 226 g/mol. The predicted molar refractivity (Wildman–Crippen MR) is 52.7 cm³/mol. The Balaban J connectivity index is 2.56. The quantitative estimate of drug-likeness (QED) is 0.738. The standard InChI is InChI=1S/C10H10O6/c11-9(12)5-15-7-2-1-3-8(4-7)16-6-10(13)14/h1-4H,5-6H2,(H,11,12)(H,13,14). The summed E-state index contributed by atoms with van der Waals surface area (Å²) in [6.07, 6.45) is 0. The maximum absolute atomic E-state index is 10.2. The molecule has 0 unspecified atom stereocenters. The Hall–Kier alpha value is -2.24. The average Bonchev–Trinajstić information content (AvgIpc) is 2.24. The highest BCUT2D eigenvalue weighted by molar-refractivity contribution is 5.69. The molecule has 0 saturated carbocycles. The summed E-state index contributed by atoms with van der Waals surface area (Å²) in [4.78, 5) is 20.5. The highest BCUT2D eigenvalue weighted by Gasteiger charge is 2.02. The molecule has 86 valence electrons. The van der Waals surface area contributed by atoms with Crippen molar-refractivity contribution >= 4 is 11.9 Å². The summed E-state index contributed by atoms with van der Waals surface area (Å²) in [5, 5.41) is 16.8. The van der Waals surface area contributed by atoms with E-state index in [1.807, 2.05) is 0 Å². The molecule has 0 aliphatic heterocycles. The van der Waals surface area contributed by atoms with Crippen molar-refractivity contribution < 1.29 is 29.3 Å². The first-order chi connectivity index (χ1) is 7.58. The zero-order valence-electron chi connectivity index (χ0n) is 8.25. The van der Waals surface area contributed by atoms with Crippen molar-refractivity contribution in [3.63, 3.8) is 0 Å². The van der Waals surface area contributed by atoms with Crippen LogP contribution in [-0.4, -0.2) is 35.4 Å². The van der Waals surface area contributed by atoms with Gasteiger partial charge in [-0.25, -0.2) is 9.59 Å². The van der Waals surface area contributed by atoms with Crippen molar-refractivity contribution in [3.05, 3.63) is 24.3 Å². The number of aliphatic carboxylic acids is 2. The van der Waals surface area contributed by atoms with Gasteiger partial charge in [-0.2, -0.15) is 0 Å². The Morgan fingerprint density at radius 1 is 1.00 bits per heavy atom. The summed E-state index contributed by atoms with van der Waals surface area (Å²) in [7, 11) is 0. The topological polar surface area (TPSA) is 93.1 Å². The maximum Gasteiger partial charge on any atom is 0.341 e. The van der Waals surface area contributed by atoms with E-state index in [0.29, 0.717) is 11.5 Å². The summed E-state index contributed by atoms with van der Waals surface area (Å²) in [5.74, 6) is -1.55. The molecule has 16 heavy (non-hydrogen) atoms. The van der Waals surface area contributed by atoms with Crippen LogP contribution in [0.1, 0.15) is 0 Å². The second kappa shape index (κ2) is 5.59. The molecule has 0 radical (unpaired) electrons. The van der Waals surface area contributed by atoms with Gasteiger partial charge in [0.15, 0.2) is 13.2 Å². The third kappa shape index (κ3) is 4.32. The predicted octanol–water partition coefficient (Wildman–Crippen LogP) is 0.613. The highest BCUT2D eigenvalue weighted by atomic mass is 16.5. The van der Waals surface area contributed by atoms with Gasteiger partial charge < -0.3 is 19.7 Å². The first-order valence-electron chi connectivity index (χ1n) is 4.37. The van der Waals surface area contributed by atoms with E-state index in [-0.39, 0.29) is 0 Å². The minimum absolute atomic E-state index is 0.310. The fourth-order valence-corrected chi connectivity index (χ4v) is 0.944. The largest absolute Gasteiger partial charge is 0.482 e. The molecule has 6 nitrogen and oxygen atoms in total. The van der Waals surface area contributed by atoms with Gasteiger partial charge in [-0.1, -0.05) is 6.07 Å². The van der Waals surface area contributed by atoms with Gasteiger partial charge in [-0.3, -0.25) is 0 Å². The van der Waals surface area contributed by atoms with Crippen LogP contribution < -0.4 is 9.47 Å². The second-order valence-electron chi connectivity index (χ2n) is 2.84. The zero-order chi connectivity index (χ0) is 12.0. The van der Waals surface area contributed by atoms with Crippen molar-refractivity contribution in [2.24, 2.45) is 0 Å². The lowest BCUT2D eigenvalue weighted by Gasteiger charge is -2.06. The SMILES string of the molecule is O=C(O)COc1cccc(OCC(=O)O)c1. The molecular weight excluding hydrogens is 216 g/mol. The number of hydrogen-bond donors (Lipinski definition) is 2. The van der Waals surface area contributed by atoms with Crippen LogP contribution in [0.15, 0.2) is 24.3 Å². The Morgan fingerprint density at radius 2 is 1.44 bits per heavy atom. The summed E-state index contributed by atoms with van der Waals surface area (Å²) in [6.45, 7) is -0.912. The summed E-state index contributed by atoms with van der Waals surface area (Å²) in [5.41, 5.74) is 0. The van der Waals surface area contributed by atoms with E-state index in [0.717, 1.165) is 0 Å². The fraction of sp³-hybridized carbons (Fsp3) is 0.200. The molecule has 1 aromatic carbocycles. The van der Waals surface area contributed by atoms with E-state index >= 15 is 0 Å². The molecule has 0 amide bonds. The lowest BCUT2D eigenvalue weighted by atomic mass is 10.3. The van der Waals surface area contributed by atoms with E-state index in [1.54, 1.807) is 18.2 Å². The Bertz CT molecular complexity index is 353. The second-order valence-corrected chi connectivity index (χ2v) is 2.84. The van der Waals surface area contributed by atoms with Gasteiger partial charge in [0.2, 0.25) is 0 Å². The molecule has 0 aliphatic carbocycles. The van der Waals surface area contributed by atoms with Crippen molar-refractivity contribution in [1.29, 1.82) is 0 Å². The molecular formula is C10H10O6. The van der Waals surface area contributed by atoms with Gasteiger partial charge >= 0.3 is 11.9 Å². The molecule has 0 spiro atoms. The van der Waals surface area contributed by atoms with E-state index in [2.05, 4.69) is 0 Å². The number of hydrogen-bond acceptors (Lipinski definition) is 4. The van der Waals surface area contributed by atoms with Gasteiger partial charge in [0.05, 0.1) is 0 Å². The molecule has 0 atom stereocenters. The number of carbonyl (C=O) groups is 2. The Morgan fingerprint density at radius 3 is 1.81 bits per heavy atom. The van der Waals surface area contributed by atoms with Crippen LogP contribution in [0.2, 0.25) is 0 Å². The third-order valence-electron chi connectivity index (χ3n) is 1.53. The number of rotatable bonds is 6. The van der Waals surface area contributed by atoms with E-state index < -0.39 is 25.2 Å². The normalized spacial score (nSPS) is 9.50. The smallest absolute Gasteiger partial charge is 0.341 e. The van der Waals surface area contributed by atoms with E-state index in [4.69, 9.17) is 19.7 Å². The van der Waals surface area contributed by atoms with E-state index in [1.165, 1.54) is 6.07 Å². The molecule has 6 heteroatoms. The van der Waals surface area contributed by atoms with Crippen LogP contribution in [0.25, 0.3) is 0 Å². The van der Waals surface area contributed by atoms with Crippen molar-refractivity contribution in [2.45, 2.75) is 0 Å². The Kier molecular flexibility index (Phi) is 4.14. The number of carboxylic acid groups (broad SMARTS) is 2. The van der Waals surface area contributed by atoms with Gasteiger partial charge in [0.1, 0.15) is 11.5 Å². The molecule has 0 saturated heterocycles. The minimum Gasteiger partial charge on any atom is -0.482 e. The average molecular weight is 226 g/mol. The zero-order valence-corrected chi connectivity index (χ0v) is 8.25. The van der Waals surface area contributed by atoms with E-state index in [9.17, 15) is 9.59 Å². The van der Waals surface area contributed by atoms with Crippen LogP contribution >= 0.6 is 0 Å². The van der Waals surface area contributed by atoms with Gasteiger partial charge in [-0.05, 0) is 12.1 Å². The minimum atomic E-state index is -1.09. The molecule has 2 N–H and O–H groups in total. The summed E-state index contributed by atoms with van der Waals surface area (Å²) < 4.78 is 9.78. The first kappa shape index (κ1) is 11.8. The van der Waals surface area contributed by atoms with Gasteiger partial charge in [0.25, 0.3) is 0 Å². The number of carboxylic acids is 2. The molecule has 0 bridgehead atoms. The van der Waals surface area contributed by atoms with Crippen LogP contribution in [0.3, 0.4) is 0 Å². The van der Waals surface area contributed by atoms with Crippen LogP contribution in [0.4, 0.5) is 0 Å². The molecule has 0 fully saturated rings. The number of benzene rings is 1. The van der Waals surface area contributed by atoms with Gasteiger partial charge in [-0.15, -0.1) is 0 Å². The molecule has 1 aromatic rings. The molecule has 0 aliphatic rings. The fourth-order valence-electron chi connectivity index (χ4n) is 0.944. The Labute approximate surface area is 91.0 Å². The molecule has 0 aromatic heterocycles. The maximum atomic E-state index is 10.2. The van der Waals surface area contributed by atoms with Crippen LogP contribution in [0.5, 0.6) is 11.5 Å². The lowest BCUT2D eigenvalue weighted by Crippen LogP contribution is -2.10. The van der Waals surface area contributed by atoms with Crippen molar-refractivity contribution in [2.75, 3.05) is 13.2 Å². The third-order valence-corrected chi connectivity index (χ3v) is 1.53. The van der Waals surface area contributed by atoms with Crippen molar-refractivity contribution in [3.8, 4) is 11.5 Å². The highest BCUT2D eigenvalue weighted by Crippen LogP contribution is 2.19. The lowest BCUT2D eigenvalue weighted by molar-refractivity contribution is -0.140. The van der Waals surface area contributed by atoms with Crippen LogP contribution in [0, 0.1) is 0 Å². The van der Waals surface area contributed by atoms with Gasteiger partial charge in [0, 0.05) is 6.07 Å². The van der Waals surface area contributed by atoms with Crippen LogP contribution in [-0.2, 0) is 9.59 Å². The number of ether oxygens (including phenoxy) is 2. The van der Waals surface area contributed by atoms with Crippen molar-refractivity contribution in [1.82, 2.24) is 0 Å². The molecule has 1 rings (SSSR count). The first-order valence-corrected chi connectivity index (χ1v) is 4.37. The summed E-state index contributed by atoms with van der Waals surface area (Å²) in [6, 6.07) is 6.10. The summed E-state index contributed by atoms with van der Waals surface area (Å²) >= 11 is 0.